The molecule has 0 aliphatic rings. The first kappa shape index (κ1) is 14.0. The molecule has 4 nitrogen and oxygen atoms in total. The molecule has 0 rings (SSSR count). The van der Waals surface area contributed by atoms with Crippen LogP contribution in [0, 0.1) is 10.1 Å². The number of nitrogens with zero attached hydrogens (tertiary/aromatic N) is 1. The van der Waals surface area contributed by atoms with Crippen LogP contribution in [0.5, 0.6) is 0 Å². The predicted octanol–water partition coefficient (Wildman–Crippen LogP) is 2.72. The molecule has 0 heterocycles. The van der Waals surface area contributed by atoms with Crippen LogP contribution in [0.2, 0.25) is 0 Å². The van der Waals surface area contributed by atoms with E-state index in [9.17, 15) is 0 Å². The van der Waals surface area contributed by atoms with Gasteiger partial charge in [-0.15, -0.1) is 10.1 Å². The quantitative estimate of drug-likeness (QED) is 0.410. The molecule has 0 atom stereocenters. The fourth-order valence-electron chi connectivity index (χ4n) is 0. The normalized spacial score (nSPS) is 13.9. The molecule has 0 aromatic rings. The van der Waals surface area contributed by atoms with Crippen LogP contribution >= 0.6 is 44.1 Å². The van der Waals surface area contributed by atoms with Crippen molar-refractivity contribution in [3.63, 3.8) is 0 Å². The summed E-state index contributed by atoms with van der Waals surface area (Å²) in [7, 11) is 25.2. The van der Waals surface area contributed by atoms with E-state index in [1.165, 1.54) is 0 Å². The molecule has 0 saturated carbocycles. The molecule has 0 saturated heterocycles. The third kappa shape index (κ3) is 315. The first-order valence-corrected chi connectivity index (χ1v) is 17.6. The molecule has 0 aliphatic heterocycles. The zero-order chi connectivity index (χ0) is 9.02. The first-order valence-electron chi connectivity index (χ1n) is 1.41. The van der Waals surface area contributed by atoms with Crippen LogP contribution < -0.4 is 0 Å². The zero-order valence-electron chi connectivity index (χ0n) is 4.05. The molecule has 10 heavy (non-hydrogen) atoms. The Hall–Kier alpha value is 1.47. The Morgan fingerprint density at radius 1 is 1.20 bits per heavy atom. The average Bonchev–Trinajstić information content (AvgIpc) is 1.14. The van der Waals surface area contributed by atoms with Gasteiger partial charge in [0.25, 0.3) is 5.09 Å². The van der Waals surface area contributed by atoms with E-state index in [0.717, 1.165) is 0 Å². The molecule has 0 aromatic carbocycles. The van der Waals surface area contributed by atoms with Gasteiger partial charge in [-0.1, -0.05) is 0 Å². The Labute approximate surface area is 75.5 Å². The van der Waals surface area contributed by atoms with Gasteiger partial charge in [0.1, 0.15) is 0 Å². The van der Waals surface area contributed by atoms with Gasteiger partial charge in [0.15, 0.2) is 0 Å². The molecular formula is HCl5NO3Sb. The van der Waals surface area contributed by atoms with E-state index in [0.29, 0.717) is 0 Å². The number of hydrogen-bond acceptors (Lipinski definition) is 2. The SMILES string of the molecule is O=[N+]([O-])O.[Cl][Sb]([Cl])([Cl])([Cl])[Cl]. The second-order valence-electron chi connectivity index (χ2n) is 0.877. The Kier molecular flexibility index (Phi) is 6.28. The van der Waals surface area contributed by atoms with Crippen LogP contribution in [0.4, 0.5) is 0 Å². The van der Waals surface area contributed by atoms with Crippen molar-refractivity contribution in [2.75, 3.05) is 0 Å². The summed E-state index contributed by atoms with van der Waals surface area (Å²) in [6.45, 7) is 0. The van der Waals surface area contributed by atoms with Crippen molar-refractivity contribution in [1.29, 1.82) is 0 Å². The van der Waals surface area contributed by atoms with Gasteiger partial charge in [-0.2, -0.15) is 0 Å². The molecular weight excluding hydrogens is 361 g/mol. The monoisotopic (exact) mass is 359 g/mol. The van der Waals surface area contributed by atoms with Gasteiger partial charge in [-0.05, 0) is 0 Å². The predicted molar refractivity (Wildman–Crippen MR) is 43.8 cm³/mol. The van der Waals surface area contributed by atoms with Gasteiger partial charge in [-0.25, -0.2) is 0 Å². The van der Waals surface area contributed by atoms with Crippen LogP contribution in [0.25, 0.3) is 0 Å². The van der Waals surface area contributed by atoms with Crippen LogP contribution in [-0.4, -0.2) is 22.0 Å². The van der Waals surface area contributed by atoms with Crippen LogP contribution in [0.15, 0.2) is 0 Å². The summed E-state index contributed by atoms with van der Waals surface area (Å²) in [6, 6.07) is 0. The van der Waals surface area contributed by atoms with Crippen molar-refractivity contribution in [2.24, 2.45) is 0 Å². The van der Waals surface area contributed by atoms with Crippen molar-refractivity contribution in [1.82, 2.24) is 0 Å². The maximum atomic E-state index is 8.36. The molecule has 0 aliphatic carbocycles. The zero-order valence-corrected chi connectivity index (χ0v) is 10.4. The molecule has 0 amide bonds. The van der Waals surface area contributed by atoms with E-state index in [4.69, 9.17) is 59.5 Å². The fourth-order valence-corrected chi connectivity index (χ4v) is 0. The Balaban J connectivity index is 0. The van der Waals surface area contributed by atoms with Crippen molar-refractivity contribution in [3.8, 4) is 0 Å². The second-order valence-corrected chi connectivity index (χ2v) is 38.8. The van der Waals surface area contributed by atoms with Crippen molar-refractivity contribution < 1.29 is 10.3 Å². The molecule has 1 N–H and O–H groups in total. The number of halogens is 5. The third-order valence-electron chi connectivity index (χ3n) is 0. The summed E-state index contributed by atoms with van der Waals surface area (Å²) in [6.07, 6.45) is 0. The summed E-state index contributed by atoms with van der Waals surface area (Å²) < 4.78 is 0. The van der Waals surface area contributed by atoms with Gasteiger partial charge in [-0.3, -0.25) is 0 Å². The van der Waals surface area contributed by atoms with Crippen LogP contribution in [0.1, 0.15) is 0 Å². The Bertz CT molecular complexity index is 104. The first-order chi connectivity index (χ1) is 3.97. The summed E-state index contributed by atoms with van der Waals surface area (Å²) in [5, 5.41) is 13.6. The fraction of sp³-hybridized carbons (Fsp3) is 0. The topological polar surface area (TPSA) is 63.4 Å². The molecule has 0 spiro atoms. The van der Waals surface area contributed by atoms with E-state index < -0.39 is 16.8 Å². The number of hydrogen-bond donors (Lipinski definition) is 1. The van der Waals surface area contributed by atoms with Crippen LogP contribution in [-0.2, 0) is 0 Å². The maximum absolute atomic E-state index is 8.36. The Morgan fingerprint density at radius 3 is 1.20 bits per heavy atom. The van der Waals surface area contributed by atoms with E-state index in [2.05, 4.69) is 0 Å². The van der Waals surface area contributed by atoms with Gasteiger partial charge in [0.05, 0.1) is 0 Å². The summed E-state index contributed by atoms with van der Waals surface area (Å²) in [5.74, 6) is 0. The molecule has 10 heteroatoms. The van der Waals surface area contributed by atoms with Gasteiger partial charge in [0.2, 0.25) is 0 Å². The molecule has 0 unspecified atom stereocenters. The average molecular weight is 362 g/mol. The summed E-state index contributed by atoms with van der Waals surface area (Å²) in [4.78, 5) is 8.36. The minimum absolute atomic E-state index is 1.50. The van der Waals surface area contributed by atoms with Gasteiger partial charge >= 0.3 is 55.8 Å². The minimum atomic E-state index is -4.33. The summed E-state index contributed by atoms with van der Waals surface area (Å²) >= 11 is -4.33. The molecule has 0 radical (unpaired) electrons. The number of rotatable bonds is 0. The molecule has 0 bridgehead atoms. The van der Waals surface area contributed by atoms with Gasteiger partial charge < -0.3 is 5.21 Å². The van der Waals surface area contributed by atoms with Crippen molar-refractivity contribution in [2.45, 2.75) is 0 Å². The summed E-state index contributed by atoms with van der Waals surface area (Å²) in [5.41, 5.74) is 0. The van der Waals surface area contributed by atoms with E-state index in [-0.39, 0.29) is 0 Å². The molecule has 0 aromatic heterocycles. The van der Waals surface area contributed by atoms with Crippen LogP contribution in [0.3, 0.4) is 0 Å². The molecule has 0 fully saturated rings. The van der Waals surface area contributed by atoms with Crippen molar-refractivity contribution >= 4 is 55.8 Å². The second kappa shape index (κ2) is 4.48. The molecule has 64 valence electrons. The Morgan fingerprint density at radius 2 is 1.20 bits per heavy atom. The standard InChI is InChI=1S/5ClH.HNO3.Sb/c;;;;;2-1(3)4;/h5*1H;(H,2,3,4);/q;;;;;;+5/p-5. The third-order valence-corrected chi connectivity index (χ3v) is 0. The van der Waals surface area contributed by atoms with E-state index in [1.54, 1.807) is 0 Å². The van der Waals surface area contributed by atoms with Gasteiger partial charge in [0, 0.05) is 0 Å². The van der Waals surface area contributed by atoms with E-state index >= 15 is 0 Å². The van der Waals surface area contributed by atoms with Crippen molar-refractivity contribution in [3.05, 3.63) is 10.1 Å². The van der Waals surface area contributed by atoms with E-state index in [1.807, 2.05) is 0 Å².